The molecule has 1 saturated heterocycles. The Morgan fingerprint density at radius 3 is 2.66 bits per heavy atom. The highest BCUT2D eigenvalue weighted by Crippen LogP contribution is 2.30. The molecule has 4 rings (SSSR count). The van der Waals surface area contributed by atoms with E-state index < -0.39 is 0 Å². The van der Waals surface area contributed by atoms with Gasteiger partial charge in [-0.25, -0.2) is 0 Å². The van der Waals surface area contributed by atoms with Gasteiger partial charge in [-0.2, -0.15) is 0 Å². The maximum absolute atomic E-state index is 12.8. The second kappa shape index (κ2) is 7.95. The van der Waals surface area contributed by atoms with Crippen molar-refractivity contribution in [2.75, 3.05) is 48.3 Å². The van der Waals surface area contributed by atoms with Gasteiger partial charge in [-0.1, -0.05) is 17.7 Å². The van der Waals surface area contributed by atoms with Crippen molar-refractivity contribution in [2.24, 2.45) is 0 Å². The van der Waals surface area contributed by atoms with Crippen LogP contribution in [0.1, 0.15) is 12.5 Å². The molecule has 0 bridgehead atoms. The number of amides is 2. The van der Waals surface area contributed by atoms with Crippen molar-refractivity contribution in [3.8, 4) is 0 Å². The maximum Gasteiger partial charge on any atom is 0.242 e. The van der Waals surface area contributed by atoms with Gasteiger partial charge < -0.3 is 20.0 Å². The fourth-order valence-electron chi connectivity index (χ4n) is 4.05. The first-order valence-corrected chi connectivity index (χ1v) is 10.2. The van der Waals surface area contributed by atoms with Gasteiger partial charge in [0, 0.05) is 54.8 Å². The summed E-state index contributed by atoms with van der Waals surface area (Å²) in [7, 11) is 1.78. The molecule has 2 heterocycles. The van der Waals surface area contributed by atoms with E-state index in [1.807, 2.05) is 47.4 Å². The molecule has 2 aromatic carbocycles. The van der Waals surface area contributed by atoms with Crippen LogP contribution in [0.3, 0.4) is 0 Å². The fraction of sp³-hybridized carbons (Fsp3) is 0.364. The summed E-state index contributed by atoms with van der Waals surface area (Å²) in [6.45, 7) is 4.59. The van der Waals surface area contributed by atoms with Gasteiger partial charge in [0.15, 0.2) is 0 Å². The molecule has 2 aliphatic rings. The minimum absolute atomic E-state index is 0.0817. The predicted octanol–water partition coefficient (Wildman–Crippen LogP) is 3.01. The van der Waals surface area contributed by atoms with Crippen LogP contribution in [0.2, 0.25) is 5.02 Å². The van der Waals surface area contributed by atoms with Crippen molar-refractivity contribution in [1.82, 2.24) is 4.90 Å². The van der Waals surface area contributed by atoms with Crippen LogP contribution in [0.5, 0.6) is 0 Å². The van der Waals surface area contributed by atoms with Gasteiger partial charge in [0.1, 0.15) is 0 Å². The number of fused-ring (bicyclic) bond motifs is 1. The van der Waals surface area contributed by atoms with E-state index in [0.29, 0.717) is 13.0 Å². The van der Waals surface area contributed by atoms with Gasteiger partial charge in [0.2, 0.25) is 11.8 Å². The summed E-state index contributed by atoms with van der Waals surface area (Å²) in [6, 6.07) is 13.8. The van der Waals surface area contributed by atoms with E-state index in [-0.39, 0.29) is 24.4 Å². The quantitative estimate of drug-likeness (QED) is 0.838. The summed E-state index contributed by atoms with van der Waals surface area (Å²) in [6.07, 6.45) is 0.445. The zero-order valence-corrected chi connectivity index (χ0v) is 17.4. The van der Waals surface area contributed by atoms with Gasteiger partial charge >= 0.3 is 0 Å². The highest BCUT2D eigenvalue weighted by molar-refractivity contribution is 6.30. The number of rotatable bonds is 4. The van der Waals surface area contributed by atoms with Crippen molar-refractivity contribution >= 4 is 40.5 Å². The Hall–Kier alpha value is -2.73. The summed E-state index contributed by atoms with van der Waals surface area (Å²) in [5.74, 6) is 0.179. The molecule has 152 valence electrons. The van der Waals surface area contributed by atoms with E-state index in [1.165, 1.54) is 0 Å². The first-order chi connectivity index (χ1) is 13.9. The second-order valence-electron chi connectivity index (χ2n) is 7.69. The summed E-state index contributed by atoms with van der Waals surface area (Å²) in [5, 5.41) is 3.94. The molecule has 0 saturated carbocycles. The van der Waals surface area contributed by atoms with E-state index in [4.69, 9.17) is 11.6 Å². The third kappa shape index (κ3) is 4.03. The molecule has 1 fully saturated rings. The lowest BCUT2D eigenvalue weighted by Gasteiger charge is -2.41. The zero-order chi connectivity index (χ0) is 20.5. The van der Waals surface area contributed by atoms with Gasteiger partial charge in [-0.15, -0.1) is 0 Å². The topological polar surface area (TPSA) is 55.9 Å². The van der Waals surface area contributed by atoms with E-state index >= 15 is 0 Å². The molecular weight excluding hydrogens is 388 g/mol. The number of carbonyl (C=O) groups is 2. The molecule has 2 amide bonds. The number of nitrogens with one attached hydrogen (secondary N) is 1. The SMILES string of the molecule is C[C@@H]1CN(c2ccc(Cl)cc2)CCN1C(=O)CNc1ccc2c(c1)N(C)C(=O)C2. The monoisotopic (exact) mass is 412 g/mol. The smallest absolute Gasteiger partial charge is 0.242 e. The molecule has 0 aromatic heterocycles. The second-order valence-corrected chi connectivity index (χ2v) is 8.12. The molecule has 0 aliphatic carbocycles. The Morgan fingerprint density at radius 1 is 1.17 bits per heavy atom. The number of nitrogens with zero attached hydrogens (tertiary/aromatic N) is 3. The number of carbonyl (C=O) groups excluding carboxylic acids is 2. The molecule has 1 atom stereocenters. The van der Waals surface area contributed by atoms with E-state index in [2.05, 4.69) is 17.1 Å². The lowest BCUT2D eigenvalue weighted by Crippen LogP contribution is -2.55. The third-order valence-electron chi connectivity index (χ3n) is 5.75. The number of hydrogen-bond acceptors (Lipinski definition) is 4. The molecule has 2 aromatic rings. The first-order valence-electron chi connectivity index (χ1n) is 9.85. The van der Waals surface area contributed by atoms with E-state index in [0.717, 1.165) is 40.7 Å². The highest BCUT2D eigenvalue weighted by atomic mass is 35.5. The van der Waals surface area contributed by atoms with Crippen molar-refractivity contribution in [2.45, 2.75) is 19.4 Å². The van der Waals surface area contributed by atoms with Crippen LogP contribution in [0, 0.1) is 0 Å². The average Bonchev–Trinajstić information content (AvgIpc) is 3.00. The minimum atomic E-state index is 0.0817. The molecular formula is C22H25ClN4O2. The van der Waals surface area contributed by atoms with Crippen LogP contribution in [-0.2, 0) is 16.0 Å². The van der Waals surface area contributed by atoms with Crippen LogP contribution in [0.4, 0.5) is 17.1 Å². The van der Waals surface area contributed by atoms with Crippen molar-refractivity contribution < 1.29 is 9.59 Å². The highest BCUT2D eigenvalue weighted by Gasteiger charge is 2.28. The summed E-state index contributed by atoms with van der Waals surface area (Å²) < 4.78 is 0. The lowest BCUT2D eigenvalue weighted by molar-refractivity contribution is -0.131. The maximum atomic E-state index is 12.8. The fourth-order valence-corrected chi connectivity index (χ4v) is 4.17. The van der Waals surface area contributed by atoms with Crippen LogP contribution >= 0.6 is 11.6 Å². The number of piperazine rings is 1. The number of hydrogen-bond donors (Lipinski definition) is 1. The normalized spacial score (nSPS) is 18.8. The van der Waals surface area contributed by atoms with Gasteiger partial charge in [0.25, 0.3) is 0 Å². The van der Waals surface area contributed by atoms with Crippen LogP contribution < -0.4 is 15.1 Å². The Labute approximate surface area is 176 Å². The van der Waals surface area contributed by atoms with Crippen molar-refractivity contribution in [1.29, 1.82) is 0 Å². The van der Waals surface area contributed by atoms with E-state index in [9.17, 15) is 9.59 Å². The van der Waals surface area contributed by atoms with Gasteiger partial charge in [0.05, 0.1) is 13.0 Å². The first kappa shape index (κ1) is 19.6. The Morgan fingerprint density at radius 2 is 1.93 bits per heavy atom. The van der Waals surface area contributed by atoms with Crippen molar-refractivity contribution in [3.05, 3.63) is 53.1 Å². The molecule has 0 spiro atoms. The molecule has 6 nitrogen and oxygen atoms in total. The zero-order valence-electron chi connectivity index (χ0n) is 16.7. The third-order valence-corrected chi connectivity index (χ3v) is 6.00. The van der Waals surface area contributed by atoms with Gasteiger partial charge in [-0.3, -0.25) is 9.59 Å². The standard InChI is InChI=1S/C22H25ClN4O2/c1-15-14-26(19-7-4-17(23)5-8-19)9-10-27(15)22(29)13-24-18-6-3-16-11-21(28)25(2)20(16)12-18/h3-8,12,15,24H,9-11,13-14H2,1-2H3/t15-/m1/s1. The summed E-state index contributed by atoms with van der Waals surface area (Å²) >= 11 is 5.98. The Bertz CT molecular complexity index is 931. The number of likely N-dealkylation sites (N-methyl/N-ethyl adjacent to an activating group) is 1. The summed E-state index contributed by atoms with van der Waals surface area (Å²) in [5.41, 5.74) is 3.92. The minimum Gasteiger partial charge on any atom is -0.376 e. The van der Waals surface area contributed by atoms with E-state index in [1.54, 1.807) is 11.9 Å². The van der Waals surface area contributed by atoms with Crippen LogP contribution in [0.25, 0.3) is 0 Å². The Kier molecular flexibility index (Phi) is 5.37. The Balaban J connectivity index is 1.34. The molecule has 7 heteroatoms. The average molecular weight is 413 g/mol. The van der Waals surface area contributed by atoms with Crippen LogP contribution in [0.15, 0.2) is 42.5 Å². The molecule has 0 radical (unpaired) electrons. The number of benzene rings is 2. The molecule has 0 unspecified atom stereocenters. The predicted molar refractivity (Wildman–Crippen MR) is 117 cm³/mol. The molecule has 1 N–H and O–H groups in total. The van der Waals surface area contributed by atoms with Gasteiger partial charge in [-0.05, 0) is 48.9 Å². The molecule has 2 aliphatic heterocycles. The lowest BCUT2D eigenvalue weighted by atomic mass is 10.1. The van der Waals surface area contributed by atoms with Crippen molar-refractivity contribution in [3.63, 3.8) is 0 Å². The summed E-state index contributed by atoms with van der Waals surface area (Å²) in [4.78, 5) is 30.5. The van der Waals surface area contributed by atoms with Crippen LogP contribution in [-0.4, -0.2) is 56.0 Å². The largest absolute Gasteiger partial charge is 0.376 e. The number of anilines is 3. The number of halogens is 1. The molecule has 29 heavy (non-hydrogen) atoms.